The van der Waals surface area contributed by atoms with E-state index in [1.807, 2.05) is 0 Å². The van der Waals surface area contributed by atoms with Crippen molar-refractivity contribution in [1.29, 1.82) is 5.41 Å². The van der Waals surface area contributed by atoms with Crippen LogP contribution in [0.1, 0.15) is 36.3 Å². The number of amides is 2. The van der Waals surface area contributed by atoms with E-state index in [1.165, 1.54) is 31.3 Å². The van der Waals surface area contributed by atoms with Gasteiger partial charge in [-0.15, -0.1) is 0 Å². The van der Waals surface area contributed by atoms with E-state index in [2.05, 4.69) is 15.6 Å². The first-order valence-electron chi connectivity index (χ1n) is 8.48. The van der Waals surface area contributed by atoms with Gasteiger partial charge in [0.2, 0.25) is 6.41 Å². The molecule has 0 aliphatic heterocycles. The second kappa shape index (κ2) is 8.55. The van der Waals surface area contributed by atoms with Gasteiger partial charge in [0.15, 0.2) is 5.96 Å². The third-order valence-electron chi connectivity index (χ3n) is 4.39. The van der Waals surface area contributed by atoms with Gasteiger partial charge in [0.1, 0.15) is 17.3 Å². The average molecular weight is 389 g/mol. The average Bonchev–Trinajstić information content (AvgIpc) is 2.68. The quantitative estimate of drug-likeness (QED) is 0.402. The Morgan fingerprint density at radius 2 is 2.04 bits per heavy atom. The number of hydrogen-bond donors (Lipinski definition) is 3. The minimum absolute atomic E-state index is 0.0121. The molecule has 0 saturated heterocycles. The predicted octanol–water partition coefficient (Wildman–Crippen LogP) is 2.85. The van der Waals surface area contributed by atoms with Gasteiger partial charge in [-0.2, -0.15) is 0 Å². The van der Waals surface area contributed by atoms with Crippen molar-refractivity contribution in [3.8, 4) is 0 Å². The fourth-order valence-corrected chi connectivity index (χ4v) is 2.48. The van der Waals surface area contributed by atoms with E-state index in [0.717, 1.165) is 17.2 Å². The van der Waals surface area contributed by atoms with Crippen molar-refractivity contribution in [3.05, 3.63) is 59.4 Å². The molecule has 28 heavy (non-hydrogen) atoms. The van der Waals surface area contributed by atoms with Gasteiger partial charge in [0, 0.05) is 18.3 Å². The molecule has 0 spiro atoms. The second-order valence-electron chi connectivity index (χ2n) is 6.39. The highest BCUT2D eigenvalue weighted by Gasteiger charge is 2.30. The third kappa shape index (κ3) is 4.67. The molecule has 0 bridgehead atoms. The first-order chi connectivity index (χ1) is 13.2. The third-order valence-corrected chi connectivity index (χ3v) is 4.39. The molecule has 9 heteroatoms. The molecule has 1 aromatic heterocycles. The number of hydrogen-bond acceptors (Lipinski definition) is 4. The van der Waals surface area contributed by atoms with Crippen molar-refractivity contribution in [1.82, 2.24) is 15.2 Å². The van der Waals surface area contributed by atoms with Gasteiger partial charge in [-0.3, -0.25) is 19.9 Å². The van der Waals surface area contributed by atoms with E-state index in [1.54, 1.807) is 13.8 Å². The van der Waals surface area contributed by atoms with Gasteiger partial charge in [0.25, 0.3) is 5.91 Å². The maximum atomic E-state index is 14.5. The molecule has 0 saturated carbocycles. The summed E-state index contributed by atoms with van der Waals surface area (Å²) in [5, 5.41) is 13.4. The van der Waals surface area contributed by atoms with Gasteiger partial charge in [-0.1, -0.05) is 6.92 Å². The van der Waals surface area contributed by atoms with Gasteiger partial charge in [-0.25, -0.2) is 13.8 Å². The van der Waals surface area contributed by atoms with Crippen molar-refractivity contribution in [3.63, 3.8) is 0 Å². The van der Waals surface area contributed by atoms with E-state index < -0.39 is 23.1 Å². The number of benzene rings is 1. The molecule has 3 N–H and O–H groups in total. The molecule has 2 aromatic rings. The molecule has 2 rings (SSSR count). The predicted molar refractivity (Wildman–Crippen MR) is 101 cm³/mol. The van der Waals surface area contributed by atoms with Crippen LogP contribution < -0.4 is 10.6 Å². The molecule has 0 aliphatic rings. The molecule has 0 radical (unpaired) electrons. The van der Waals surface area contributed by atoms with E-state index in [-0.39, 0.29) is 17.2 Å². The Kier molecular flexibility index (Phi) is 6.40. The lowest BCUT2D eigenvalue weighted by Crippen LogP contribution is -2.49. The van der Waals surface area contributed by atoms with Crippen molar-refractivity contribution in [2.45, 2.75) is 25.8 Å². The van der Waals surface area contributed by atoms with E-state index in [9.17, 15) is 18.4 Å². The molecule has 1 aromatic carbocycles. The first-order valence-corrected chi connectivity index (χ1v) is 8.48. The van der Waals surface area contributed by atoms with Gasteiger partial charge in [-0.05, 0) is 43.7 Å². The van der Waals surface area contributed by atoms with Crippen LogP contribution in [-0.4, -0.2) is 35.2 Å². The highest BCUT2D eigenvalue weighted by Crippen LogP contribution is 2.29. The number of nitrogens with zero attached hydrogens (tertiary/aromatic N) is 2. The number of nitrogens with one attached hydrogen (secondary N) is 3. The molecule has 0 fully saturated rings. The summed E-state index contributed by atoms with van der Waals surface area (Å²) in [4.78, 5) is 27.8. The number of pyridine rings is 1. The van der Waals surface area contributed by atoms with Crippen LogP contribution in [0.2, 0.25) is 0 Å². The zero-order valence-electron chi connectivity index (χ0n) is 15.7. The Morgan fingerprint density at radius 3 is 2.61 bits per heavy atom. The number of carbonyl (C=O) groups is 2. The first kappa shape index (κ1) is 20.9. The Hall–Kier alpha value is -3.36. The lowest BCUT2D eigenvalue weighted by atomic mass is 9.88. The Morgan fingerprint density at radius 1 is 1.32 bits per heavy atom. The summed E-state index contributed by atoms with van der Waals surface area (Å²) in [5.41, 5.74) is -0.473. The number of aromatic nitrogens is 1. The molecular weight excluding hydrogens is 368 g/mol. The van der Waals surface area contributed by atoms with Gasteiger partial charge in [0.05, 0.1) is 11.7 Å². The molecular formula is C19H21F2N5O2. The molecule has 148 valence electrons. The van der Waals surface area contributed by atoms with Crippen molar-refractivity contribution >= 4 is 24.0 Å². The highest BCUT2D eigenvalue weighted by molar-refractivity contribution is 6.02. The minimum atomic E-state index is -1.01. The molecule has 1 atom stereocenters. The van der Waals surface area contributed by atoms with Crippen LogP contribution in [0.4, 0.5) is 14.5 Å². The van der Waals surface area contributed by atoms with Crippen molar-refractivity contribution < 1.29 is 18.4 Å². The summed E-state index contributed by atoms with van der Waals surface area (Å²) in [7, 11) is 1.40. The number of anilines is 1. The van der Waals surface area contributed by atoms with Gasteiger partial charge < -0.3 is 10.6 Å². The van der Waals surface area contributed by atoms with E-state index in [0.29, 0.717) is 18.5 Å². The largest absolute Gasteiger partial charge is 0.347 e. The van der Waals surface area contributed by atoms with Crippen LogP contribution in [0, 0.1) is 17.0 Å². The fraction of sp³-hybridized carbons (Fsp3) is 0.263. The van der Waals surface area contributed by atoms with Crippen LogP contribution >= 0.6 is 0 Å². The monoisotopic (exact) mass is 389 g/mol. The molecule has 7 nitrogen and oxygen atoms in total. The normalized spacial score (nSPS) is 12.6. The van der Waals surface area contributed by atoms with Crippen LogP contribution in [0.15, 0.2) is 36.5 Å². The van der Waals surface area contributed by atoms with Gasteiger partial charge >= 0.3 is 0 Å². The number of rotatable bonds is 6. The van der Waals surface area contributed by atoms with Crippen LogP contribution in [-0.2, 0) is 10.3 Å². The van der Waals surface area contributed by atoms with Crippen LogP contribution in [0.3, 0.4) is 0 Å². The van der Waals surface area contributed by atoms with Crippen molar-refractivity contribution in [2.24, 2.45) is 0 Å². The Balaban J connectivity index is 2.30. The second-order valence-corrected chi connectivity index (χ2v) is 6.39. The standard InChI is InChI=1S/C19H21F2N5O2/c1-4-19(2,25-18(22)26(3)11-27)14-9-13(6-7-15(14)21)24-17(28)16-8-5-12(20)10-23-16/h5-11H,4H2,1-3H3,(H2,22,25)(H,24,28)/t19-/m0/s1. The molecule has 0 unspecified atom stereocenters. The molecule has 2 amide bonds. The summed E-state index contributed by atoms with van der Waals surface area (Å²) in [6.07, 6.45) is 1.79. The number of carbonyl (C=O) groups excluding carboxylic acids is 2. The maximum Gasteiger partial charge on any atom is 0.274 e. The van der Waals surface area contributed by atoms with Crippen molar-refractivity contribution in [2.75, 3.05) is 12.4 Å². The SMILES string of the molecule is CC[C@](C)(NC(=N)N(C)C=O)c1cc(NC(=O)c2ccc(F)cn2)ccc1F. The van der Waals surface area contributed by atoms with Crippen LogP contribution in [0.5, 0.6) is 0 Å². The minimum Gasteiger partial charge on any atom is -0.347 e. The summed E-state index contributed by atoms with van der Waals surface area (Å²) in [6.45, 7) is 3.49. The molecule has 1 heterocycles. The highest BCUT2D eigenvalue weighted by atomic mass is 19.1. The zero-order chi connectivity index (χ0) is 20.9. The Labute approximate surface area is 161 Å². The van der Waals surface area contributed by atoms with Crippen LogP contribution in [0.25, 0.3) is 0 Å². The Bertz CT molecular complexity index is 888. The lowest BCUT2D eigenvalue weighted by molar-refractivity contribution is -0.114. The number of guanidine groups is 1. The molecule has 0 aliphatic carbocycles. The summed E-state index contributed by atoms with van der Waals surface area (Å²) < 4.78 is 27.5. The van der Waals surface area contributed by atoms with E-state index in [4.69, 9.17) is 5.41 Å². The topological polar surface area (TPSA) is 98.2 Å². The maximum absolute atomic E-state index is 14.5. The fourth-order valence-electron chi connectivity index (χ4n) is 2.48. The van der Waals surface area contributed by atoms with E-state index >= 15 is 0 Å². The summed E-state index contributed by atoms with van der Waals surface area (Å²) >= 11 is 0. The summed E-state index contributed by atoms with van der Waals surface area (Å²) in [6, 6.07) is 6.39. The smallest absolute Gasteiger partial charge is 0.274 e. The zero-order valence-corrected chi connectivity index (χ0v) is 15.7. The number of halogens is 2. The lowest BCUT2D eigenvalue weighted by Gasteiger charge is -2.33. The summed E-state index contributed by atoms with van der Waals surface area (Å²) in [5.74, 6) is -1.86.